The van der Waals surface area contributed by atoms with E-state index in [1.54, 1.807) is 0 Å². The lowest BCUT2D eigenvalue weighted by atomic mass is 10.2. The maximum Gasteiger partial charge on any atom is 0.471 e. The van der Waals surface area contributed by atoms with E-state index >= 15 is 0 Å². The molecule has 0 fully saturated rings. The van der Waals surface area contributed by atoms with Crippen molar-refractivity contribution in [2.24, 2.45) is 0 Å². The first kappa shape index (κ1) is 16.8. The largest absolute Gasteiger partial charge is 0.478 e. The van der Waals surface area contributed by atoms with Gasteiger partial charge in [-0.25, -0.2) is 4.79 Å². The van der Waals surface area contributed by atoms with Crippen LogP contribution in [0, 0.1) is 0 Å². The van der Waals surface area contributed by atoms with Crippen LogP contribution in [0.5, 0.6) is 0 Å². The molecule has 1 aromatic rings. The Hall–Kier alpha value is -2.29. The zero-order chi connectivity index (χ0) is 16.2. The number of rotatable bonds is 4. The van der Waals surface area contributed by atoms with Crippen LogP contribution in [0.1, 0.15) is 10.4 Å². The van der Waals surface area contributed by atoms with E-state index in [1.165, 1.54) is 17.4 Å². The van der Waals surface area contributed by atoms with E-state index < -0.39 is 30.5 Å². The molecule has 21 heavy (non-hydrogen) atoms. The van der Waals surface area contributed by atoms with Crippen LogP contribution < -0.4 is 10.6 Å². The van der Waals surface area contributed by atoms with E-state index in [9.17, 15) is 27.6 Å². The van der Waals surface area contributed by atoms with Crippen molar-refractivity contribution in [1.82, 2.24) is 5.32 Å². The molecule has 0 radical (unpaired) electrons. The molecule has 0 bridgehead atoms. The number of carbonyl (C=O) groups is 3. The predicted octanol–water partition coefficient (Wildman–Crippen LogP) is 1.66. The Morgan fingerprint density at radius 2 is 1.86 bits per heavy atom. The van der Waals surface area contributed by atoms with Gasteiger partial charge in [0.2, 0.25) is 5.91 Å². The Labute approximate surface area is 120 Å². The van der Waals surface area contributed by atoms with Gasteiger partial charge in [-0.2, -0.15) is 13.2 Å². The van der Waals surface area contributed by atoms with E-state index in [0.29, 0.717) is 0 Å². The number of nitrogens with one attached hydrogen (secondary N) is 2. The predicted molar refractivity (Wildman–Crippen MR) is 66.1 cm³/mol. The molecular formula is C11H8ClF3N2O4. The van der Waals surface area contributed by atoms with Gasteiger partial charge in [0.25, 0.3) is 0 Å². The second-order valence-corrected chi connectivity index (χ2v) is 4.14. The quantitative estimate of drug-likeness (QED) is 0.785. The summed E-state index contributed by atoms with van der Waals surface area (Å²) in [6.45, 7) is -0.913. The molecule has 0 aliphatic heterocycles. The molecule has 0 saturated heterocycles. The van der Waals surface area contributed by atoms with Crippen LogP contribution in [-0.4, -0.2) is 35.6 Å². The summed E-state index contributed by atoms with van der Waals surface area (Å²) in [5.74, 6) is -4.53. The summed E-state index contributed by atoms with van der Waals surface area (Å²) >= 11 is 5.61. The van der Waals surface area contributed by atoms with Gasteiger partial charge in [0.05, 0.1) is 17.1 Å². The molecule has 0 aromatic heterocycles. The highest BCUT2D eigenvalue weighted by atomic mass is 35.5. The van der Waals surface area contributed by atoms with Crippen molar-refractivity contribution in [3.8, 4) is 0 Å². The van der Waals surface area contributed by atoms with Crippen LogP contribution >= 0.6 is 11.6 Å². The summed E-state index contributed by atoms with van der Waals surface area (Å²) < 4.78 is 35.7. The first-order valence-electron chi connectivity index (χ1n) is 5.29. The van der Waals surface area contributed by atoms with Gasteiger partial charge in [-0.1, -0.05) is 11.6 Å². The lowest BCUT2D eigenvalue weighted by Crippen LogP contribution is -2.41. The van der Waals surface area contributed by atoms with Crippen molar-refractivity contribution >= 4 is 35.1 Å². The average molecular weight is 325 g/mol. The monoisotopic (exact) mass is 324 g/mol. The maximum atomic E-state index is 11.9. The van der Waals surface area contributed by atoms with Gasteiger partial charge in [-0.05, 0) is 18.2 Å². The molecule has 6 nitrogen and oxygen atoms in total. The van der Waals surface area contributed by atoms with Crippen molar-refractivity contribution in [3.05, 3.63) is 28.8 Å². The molecule has 0 unspecified atom stereocenters. The summed E-state index contributed by atoms with van der Waals surface area (Å²) in [4.78, 5) is 32.6. The Morgan fingerprint density at radius 1 is 1.24 bits per heavy atom. The molecule has 0 spiro atoms. The summed E-state index contributed by atoms with van der Waals surface area (Å²) in [6.07, 6.45) is -5.09. The van der Waals surface area contributed by atoms with Crippen LogP contribution in [-0.2, 0) is 9.59 Å². The average Bonchev–Trinajstić information content (AvgIpc) is 2.36. The van der Waals surface area contributed by atoms with Crippen molar-refractivity contribution in [1.29, 1.82) is 0 Å². The molecule has 0 aliphatic carbocycles. The lowest BCUT2D eigenvalue weighted by molar-refractivity contribution is -0.173. The summed E-state index contributed by atoms with van der Waals surface area (Å²) in [7, 11) is 0. The van der Waals surface area contributed by atoms with E-state index in [1.807, 2.05) is 0 Å². The molecule has 1 aromatic carbocycles. The molecular weight excluding hydrogens is 317 g/mol. The van der Waals surface area contributed by atoms with Crippen molar-refractivity contribution < 1.29 is 32.7 Å². The van der Waals surface area contributed by atoms with Crippen LogP contribution in [0.2, 0.25) is 5.02 Å². The number of aromatic carboxylic acids is 1. The Bertz CT molecular complexity index is 589. The summed E-state index contributed by atoms with van der Waals surface area (Å²) in [5.41, 5.74) is -0.267. The zero-order valence-electron chi connectivity index (χ0n) is 10.1. The van der Waals surface area contributed by atoms with Gasteiger partial charge in [0.1, 0.15) is 0 Å². The third-order valence-electron chi connectivity index (χ3n) is 2.15. The fourth-order valence-corrected chi connectivity index (χ4v) is 1.43. The molecule has 2 amide bonds. The number of anilines is 1. The normalized spacial score (nSPS) is 10.9. The fraction of sp³-hybridized carbons (Fsp3) is 0.182. The summed E-state index contributed by atoms with van der Waals surface area (Å²) in [5, 5.41) is 12.2. The second kappa shape index (κ2) is 6.44. The van der Waals surface area contributed by atoms with Crippen LogP contribution in [0.3, 0.4) is 0 Å². The highest BCUT2D eigenvalue weighted by molar-refractivity contribution is 6.33. The number of halogens is 4. The molecule has 0 heterocycles. The molecule has 114 valence electrons. The third kappa shape index (κ3) is 4.95. The first-order chi connectivity index (χ1) is 9.61. The Balaban J connectivity index is 2.66. The molecule has 0 aliphatic rings. The minimum Gasteiger partial charge on any atom is -0.478 e. The number of carbonyl (C=O) groups excluding carboxylic acids is 2. The van der Waals surface area contributed by atoms with Crippen LogP contribution in [0.25, 0.3) is 0 Å². The number of alkyl halides is 3. The minimum absolute atomic E-state index is 0.0167. The van der Waals surface area contributed by atoms with Gasteiger partial charge in [-0.15, -0.1) is 0 Å². The van der Waals surface area contributed by atoms with Crippen molar-refractivity contribution in [2.45, 2.75) is 6.18 Å². The van der Waals surface area contributed by atoms with Crippen molar-refractivity contribution in [3.63, 3.8) is 0 Å². The van der Waals surface area contributed by atoms with E-state index in [0.717, 1.165) is 6.07 Å². The van der Waals surface area contributed by atoms with Gasteiger partial charge in [0, 0.05) is 5.69 Å². The van der Waals surface area contributed by atoms with E-state index in [4.69, 9.17) is 16.7 Å². The summed E-state index contributed by atoms with van der Waals surface area (Å²) in [6, 6.07) is 3.50. The van der Waals surface area contributed by atoms with Gasteiger partial charge in [-0.3, -0.25) is 9.59 Å². The van der Waals surface area contributed by atoms with Gasteiger partial charge in [0.15, 0.2) is 0 Å². The third-order valence-corrected chi connectivity index (χ3v) is 2.48. The maximum absolute atomic E-state index is 11.9. The van der Waals surface area contributed by atoms with Gasteiger partial charge < -0.3 is 15.7 Å². The van der Waals surface area contributed by atoms with Gasteiger partial charge >= 0.3 is 18.1 Å². The standard InChI is InChI=1S/C11H8ClF3N2O4/c12-7-2-1-5(3-6(7)9(19)20)17-8(18)4-16-10(21)11(13,14)15/h1-3H,4H2,(H,16,21)(H,17,18)(H,19,20). The second-order valence-electron chi connectivity index (χ2n) is 3.73. The van der Waals surface area contributed by atoms with E-state index in [2.05, 4.69) is 5.32 Å². The molecule has 3 N–H and O–H groups in total. The molecule has 1 rings (SSSR count). The topological polar surface area (TPSA) is 95.5 Å². The number of carboxylic acids is 1. The van der Waals surface area contributed by atoms with Crippen LogP contribution in [0.4, 0.5) is 18.9 Å². The number of amides is 2. The lowest BCUT2D eigenvalue weighted by Gasteiger charge is -2.09. The number of hydrogen-bond acceptors (Lipinski definition) is 3. The number of hydrogen-bond donors (Lipinski definition) is 3. The van der Waals surface area contributed by atoms with E-state index in [-0.39, 0.29) is 16.3 Å². The Morgan fingerprint density at radius 3 is 2.38 bits per heavy atom. The fourth-order valence-electron chi connectivity index (χ4n) is 1.23. The molecule has 10 heteroatoms. The smallest absolute Gasteiger partial charge is 0.471 e. The first-order valence-corrected chi connectivity index (χ1v) is 5.67. The molecule has 0 atom stereocenters. The number of benzene rings is 1. The highest BCUT2D eigenvalue weighted by Crippen LogP contribution is 2.20. The zero-order valence-corrected chi connectivity index (χ0v) is 10.9. The minimum atomic E-state index is -5.09. The van der Waals surface area contributed by atoms with Crippen molar-refractivity contribution in [2.75, 3.05) is 11.9 Å². The highest BCUT2D eigenvalue weighted by Gasteiger charge is 2.38. The Kier molecular flexibility index (Phi) is 5.14. The molecule has 0 saturated carbocycles. The SMILES string of the molecule is O=C(CNC(=O)C(F)(F)F)Nc1ccc(Cl)c(C(=O)O)c1. The van der Waals surface area contributed by atoms with Crippen LogP contribution in [0.15, 0.2) is 18.2 Å². The number of carboxylic acid groups (broad SMARTS) is 1.